The number of halogens is 2. The first-order valence-corrected chi connectivity index (χ1v) is 5.43. The maximum Gasteiger partial charge on any atom is 1.00 e. The van der Waals surface area contributed by atoms with Crippen molar-refractivity contribution in [3.8, 4) is 6.07 Å². The van der Waals surface area contributed by atoms with E-state index in [-0.39, 0.29) is 64.1 Å². The summed E-state index contributed by atoms with van der Waals surface area (Å²) in [7, 11) is 0. The second-order valence-electron chi connectivity index (χ2n) is 4.11. The number of rotatable bonds is 1. The summed E-state index contributed by atoms with van der Waals surface area (Å²) >= 11 is 0. The van der Waals surface area contributed by atoms with E-state index in [1.807, 2.05) is 0 Å². The average Bonchev–Trinajstić information content (AvgIpc) is 2.30. The van der Waals surface area contributed by atoms with E-state index in [0.717, 1.165) is 25.7 Å². The van der Waals surface area contributed by atoms with Gasteiger partial charge in [0, 0.05) is 0 Å². The topological polar surface area (TPSA) is 23.8 Å². The van der Waals surface area contributed by atoms with Crippen molar-refractivity contribution < 1.29 is 67.0 Å². The largest absolute Gasteiger partial charge is 1.00 e. The van der Waals surface area contributed by atoms with Gasteiger partial charge in [0.15, 0.2) is 0 Å². The van der Waals surface area contributed by atoms with Crippen molar-refractivity contribution in [2.24, 2.45) is 0 Å². The van der Waals surface area contributed by atoms with E-state index in [9.17, 15) is 8.78 Å². The van der Waals surface area contributed by atoms with Crippen molar-refractivity contribution in [2.75, 3.05) is 0 Å². The number of hydrogen-bond acceptors (Lipinski definition) is 1. The van der Waals surface area contributed by atoms with Gasteiger partial charge in [-0.25, -0.2) is 8.78 Å². The zero-order valence-corrected chi connectivity index (χ0v) is 14.8. The Balaban J connectivity index is 0.00000144. The van der Waals surface area contributed by atoms with Crippen LogP contribution in [-0.4, -0.2) is 0 Å². The van der Waals surface area contributed by atoms with Crippen LogP contribution in [0.5, 0.6) is 0 Å². The van der Waals surface area contributed by atoms with Crippen molar-refractivity contribution in [1.29, 1.82) is 5.26 Å². The molecule has 4 heteroatoms. The Morgan fingerprint density at radius 1 is 1.18 bits per heavy atom. The Labute approximate surface area is 149 Å². The Morgan fingerprint density at radius 2 is 1.71 bits per heavy atom. The molecule has 0 heterocycles. The van der Waals surface area contributed by atoms with E-state index in [2.05, 4.69) is 6.42 Å². The molecular formula is C13H12F2NRb. The number of hydrogen-bond donors (Lipinski definition) is 0. The van der Waals surface area contributed by atoms with Crippen molar-refractivity contribution in [3.05, 3.63) is 41.3 Å². The third-order valence-electron chi connectivity index (χ3n) is 3.09. The molecule has 0 atom stereocenters. The summed E-state index contributed by atoms with van der Waals surface area (Å²) in [5.74, 6) is -1.26. The van der Waals surface area contributed by atoms with Crippen molar-refractivity contribution >= 4 is 0 Å². The standard InChI is InChI=1S/C13H12F2N.Rb/c14-12-6-10(7-13(15)11(12)8-16)9-4-2-1-3-5-9;/h1,6-7,9H,2-5H2;/q-1;+1. The molecular weight excluding hydrogens is 294 g/mol. The minimum absolute atomic E-state index is 0. The molecule has 0 bridgehead atoms. The Morgan fingerprint density at radius 3 is 2.18 bits per heavy atom. The van der Waals surface area contributed by atoms with Gasteiger partial charge in [-0.2, -0.15) is 18.1 Å². The molecule has 0 N–H and O–H groups in total. The summed E-state index contributed by atoms with van der Waals surface area (Å²) in [5.41, 5.74) is 0.202. The monoisotopic (exact) mass is 305 g/mol. The van der Waals surface area contributed by atoms with Gasteiger partial charge in [-0.15, -0.1) is 0 Å². The van der Waals surface area contributed by atoms with Crippen LogP contribution < -0.4 is 58.2 Å². The number of benzene rings is 1. The van der Waals surface area contributed by atoms with E-state index < -0.39 is 17.2 Å². The molecule has 1 aromatic rings. The van der Waals surface area contributed by atoms with Gasteiger partial charge in [0.1, 0.15) is 23.3 Å². The Bertz CT molecular complexity index is 411. The molecule has 0 spiro atoms. The van der Waals surface area contributed by atoms with Crippen LogP contribution in [0.25, 0.3) is 0 Å². The summed E-state index contributed by atoms with van der Waals surface area (Å²) in [4.78, 5) is 0. The molecule has 17 heavy (non-hydrogen) atoms. The zero-order valence-electron chi connectivity index (χ0n) is 9.84. The second-order valence-corrected chi connectivity index (χ2v) is 4.11. The van der Waals surface area contributed by atoms with Gasteiger partial charge in [-0.3, -0.25) is 0 Å². The number of nitrogens with zero attached hydrogens (tertiary/aromatic N) is 1. The van der Waals surface area contributed by atoms with E-state index in [1.165, 1.54) is 18.2 Å². The maximum atomic E-state index is 13.4. The molecule has 1 aromatic carbocycles. The summed E-state index contributed by atoms with van der Waals surface area (Å²) < 4.78 is 26.8. The van der Waals surface area contributed by atoms with Crippen LogP contribution in [0.15, 0.2) is 12.1 Å². The molecule has 0 saturated heterocycles. The SMILES string of the molecule is N#Cc1c(F)cc(C2CC[CH-]CC2)cc1F.[Rb+]. The van der Waals surface area contributed by atoms with Crippen LogP contribution in [0.1, 0.15) is 42.7 Å². The summed E-state index contributed by atoms with van der Waals surface area (Å²) in [5, 5.41) is 8.57. The van der Waals surface area contributed by atoms with Crippen LogP contribution >= 0.6 is 0 Å². The predicted molar refractivity (Wildman–Crippen MR) is 56.6 cm³/mol. The van der Waals surface area contributed by atoms with Gasteiger partial charge in [0.25, 0.3) is 0 Å². The van der Waals surface area contributed by atoms with Crippen LogP contribution in [0, 0.1) is 29.4 Å². The fourth-order valence-corrected chi connectivity index (χ4v) is 2.20. The van der Waals surface area contributed by atoms with Gasteiger partial charge < -0.3 is 6.42 Å². The average molecular weight is 306 g/mol. The third-order valence-corrected chi connectivity index (χ3v) is 3.09. The van der Waals surface area contributed by atoms with Gasteiger partial charge in [-0.1, -0.05) is 12.8 Å². The first-order chi connectivity index (χ1) is 7.72. The minimum Gasteiger partial charge on any atom is -0.328 e. The zero-order chi connectivity index (χ0) is 11.5. The quantitative estimate of drug-likeness (QED) is 0.701. The van der Waals surface area contributed by atoms with E-state index in [4.69, 9.17) is 5.26 Å². The van der Waals surface area contributed by atoms with Gasteiger partial charge >= 0.3 is 58.2 Å². The molecule has 2 rings (SSSR count). The normalized spacial score (nSPS) is 16.1. The summed E-state index contributed by atoms with van der Waals surface area (Å²) in [6, 6.07) is 4.14. The molecule has 0 unspecified atom stereocenters. The van der Waals surface area contributed by atoms with Gasteiger partial charge in [-0.05, 0) is 23.6 Å². The molecule has 0 amide bonds. The summed E-state index contributed by atoms with van der Waals surface area (Å²) in [6.07, 6.45) is 6.06. The van der Waals surface area contributed by atoms with Crippen molar-refractivity contribution in [2.45, 2.75) is 31.6 Å². The molecule has 1 aliphatic rings. The number of nitriles is 1. The maximum absolute atomic E-state index is 13.4. The van der Waals surface area contributed by atoms with Crippen LogP contribution in [-0.2, 0) is 0 Å². The smallest absolute Gasteiger partial charge is 0.328 e. The Hall–Kier alpha value is 0.375. The first kappa shape index (κ1) is 15.4. The fourth-order valence-electron chi connectivity index (χ4n) is 2.20. The molecule has 1 aliphatic carbocycles. The first-order valence-electron chi connectivity index (χ1n) is 5.43. The van der Waals surface area contributed by atoms with Crippen molar-refractivity contribution in [1.82, 2.24) is 0 Å². The molecule has 1 fully saturated rings. The van der Waals surface area contributed by atoms with Crippen molar-refractivity contribution in [3.63, 3.8) is 0 Å². The molecule has 0 aliphatic heterocycles. The fraction of sp³-hybridized carbons (Fsp3) is 0.385. The van der Waals surface area contributed by atoms with Gasteiger partial charge in [0.2, 0.25) is 0 Å². The molecule has 0 radical (unpaired) electrons. The molecule has 84 valence electrons. The minimum atomic E-state index is -0.743. The van der Waals surface area contributed by atoms with Gasteiger partial charge in [0.05, 0.1) is 0 Å². The van der Waals surface area contributed by atoms with Crippen LogP contribution in [0.2, 0.25) is 0 Å². The predicted octanol–water partition coefficient (Wildman–Crippen LogP) is 0.702. The molecule has 1 nitrogen and oxygen atoms in total. The molecule has 0 aromatic heterocycles. The van der Waals surface area contributed by atoms with E-state index in [0.29, 0.717) is 5.56 Å². The Kier molecular flexibility index (Phi) is 6.43. The van der Waals surface area contributed by atoms with E-state index >= 15 is 0 Å². The second kappa shape index (κ2) is 7.08. The van der Waals surface area contributed by atoms with E-state index in [1.54, 1.807) is 0 Å². The molecule has 1 saturated carbocycles. The summed E-state index contributed by atoms with van der Waals surface area (Å²) in [6.45, 7) is 0. The third kappa shape index (κ3) is 3.67. The van der Waals surface area contributed by atoms with Crippen LogP contribution in [0.4, 0.5) is 8.78 Å². The van der Waals surface area contributed by atoms with Crippen LogP contribution in [0.3, 0.4) is 0 Å².